The zero-order chi connectivity index (χ0) is 19.6. The number of carbonyl (C=O) groups excluding carboxylic acids is 1. The van der Waals surface area contributed by atoms with Gasteiger partial charge in [0, 0.05) is 12.8 Å². The van der Waals surface area contributed by atoms with Gasteiger partial charge in [-0.2, -0.15) is 0 Å². The lowest BCUT2D eigenvalue weighted by atomic mass is 10.1. The molecule has 0 saturated carbocycles. The molecular formula is C23H43N3O. The average molecular weight is 378 g/mol. The maximum atomic E-state index is 11.9. The molecule has 0 radical (unpaired) electrons. The van der Waals surface area contributed by atoms with Crippen LogP contribution in [0, 0.1) is 0 Å². The van der Waals surface area contributed by atoms with Crippen LogP contribution in [0.25, 0.3) is 0 Å². The Hall–Kier alpha value is -1.32. The van der Waals surface area contributed by atoms with Gasteiger partial charge >= 0.3 is 0 Å². The average Bonchev–Trinajstić information content (AvgIpc) is 3.12. The summed E-state index contributed by atoms with van der Waals surface area (Å²) < 4.78 is 0. The molecule has 0 fully saturated rings. The number of amides is 1. The van der Waals surface area contributed by atoms with E-state index in [1.54, 1.807) is 0 Å². The number of amidine groups is 1. The summed E-state index contributed by atoms with van der Waals surface area (Å²) in [4.78, 5) is 16.3. The van der Waals surface area contributed by atoms with Gasteiger partial charge in [-0.1, -0.05) is 77.4 Å². The van der Waals surface area contributed by atoms with E-state index in [0.717, 1.165) is 25.1 Å². The zero-order valence-corrected chi connectivity index (χ0v) is 17.9. The van der Waals surface area contributed by atoms with Crippen LogP contribution in [0.4, 0.5) is 0 Å². The Kier molecular flexibility index (Phi) is 14.8. The standard InChI is InChI=1S/C23H43N3O/c1-3-5-6-7-8-9-10-11-12-13-14-15-16-17-18-19-23(27)26-22-20-24-21(4-2)25-22/h11-12,22H,3-10,13-20H2,1-2H3,(H,24,25)(H,26,27). The maximum absolute atomic E-state index is 11.9. The Balaban J connectivity index is 1.81. The van der Waals surface area contributed by atoms with Gasteiger partial charge in [0.05, 0.1) is 12.4 Å². The van der Waals surface area contributed by atoms with E-state index in [-0.39, 0.29) is 12.1 Å². The van der Waals surface area contributed by atoms with Crippen molar-refractivity contribution >= 4 is 11.7 Å². The van der Waals surface area contributed by atoms with Gasteiger partial charge in [0.2, 0.25) is 5.91 Å². The number of carbonyl (C=O) groups is 1. The lowest BCUT2D eigenvalue weighted by Crippen LogP contribution is -2.45. The van der Waals surface area contributed by atoms with Crippen LogP contribution in [-0.2, 0) is 4.79 Å². The van der Waals surface area contributed by atoms with Crippen molar-refractivity contribution in [3.8, 4) is 0 Å². The SMILES string of the molecule is CCCCCCCCC=CCCCCCCCC(=O)NC1CN=C(CC)N1. The molecule has 1 rings (SSSR count). The van der Waals surface area contributed by atoms with Crippen LogP contribution in [0.1, 0.15) is 110 Å². The number of aliphatic imine (C=N–C) groups is 1. The molecule has 4 nitrogen and oxygen atoms in total. The number of unbranched alkanes of at least 4 members (excludes halogenated alkanes) is 11. The number of rotatable bonds is 17. The van der Waals surface area contributed by atoms with Crippen molar-refractivity contribution in [2.24, 2.45) is 4.99 Å². The lowest BCUT2D eigenvalue weighted by molar-refractivity contribution is -0.121. The van der Waals surface area contributed by atoms with Crippen molar-refractivity contribution in [3.05, 3.63) is 12.2 Å². The summed E-state index contributed by atoms with van der Waals surface area (Å²) in [7, 11) is 0. The second-order valence-corrected chi connectivity index (χ2v) is 7.74. The Labute approximate surface area is 167 Å². The highest BCUT2D eigenvalue weighted by Gasteiger charge is 2.17. The molecule has 1 heterocycles. The van der Waals surface area contributed by atoms with E-state index in [0.29, 0.717) is 13.0 Å². The molecule has 4 heteroatoms. The van der Waals surface area contributed by atoms with Crippen molar-refractivity contribution in [1.82, 2.24) is 10.6 Å². The number of allylic oxidation sites excluding steroid dienone is 2. The molecule has 1 unspecified atom stereocenters. The van der Waals surface area contributed by atoms with Gasteiger partial charge in [-0.3, -0.25) is 9.79 Å². The highest BCUT2D eigenvalue weighted by molar-refractivity contribution is 5.85. The summed E-state index contributed by atoms with van der Waals surface area (Å²) in [5.74, 6) is 1.15. The van der Waals surface area contributed by atoms with Crippen molar-refractivity contribution in [1.29, 1.82) is 0 Å². The van der Waals surface area contributed by atoms with Crippen LogP contribution in [0.3, 0.4) is 0 Å². The molecule has 1 aliphatic heterocycles. The predicted octanol–water partition coefficient (Wildman–Crippen LogP) is 5.88. The Morgan fingerprint density at radius 2 is 1.56 bits per heavy atom. The third-order valence-corrected chi connectivity index (χ3v) is 5.14. The van der Waals surface area contributed by atoms with Crippen LogP contribution in [0.2, 0.25) is 0 Å². The van der Waals surface area contributed by atoms with Crippen LogP contribution >= 0.6 is 0 Å². The van der Waals surface area contributed by atoms with E-state index in [9.17, 15) is 4.79 Å². The Bertz CT molecular complexity index is 431. The smallest absolute Gasteiger partial charge is 0.221 e. The molecule has 0 saturated heterocycles. The highest BCUT2D eigenvalue weighted by Crippen LogP contribution is 2.10. The molecule has 0 aromatic heterocycles. The quantitative estimate of drug-likeness (QED) is 0.246. The molecule has 27 heavy (non-hydrogen) atoms. The summed E-state index contributed by atoms with van der Waals surface area (Å²) in [6.45, 7) is 5.01. The van der Waals surface area contributed by atoms with E-state index < -0.39 is 0 Å². The van der Waals surface area contributed by atoms with Crippen molar-refractivity contribution in [2.75, 3.05) is 6.54 Å². The maximum Gasteiger partial charge on any atom is 0.221 e. The van der Waals surface area contributed by atoms with Crippen LogP contribution < -0.4 is 10.6 Å². The summed E-state index contributed by atoms with van der Waals surface area (Å²) in [5, 5.41) is 6.26. The summed E-state index contributed by atoms with van der Waals surface area (Å²) in [6, 6.07) is 0. The molecule has 1 aliphatic rings. The minimum atomic E-state index is 0.00979. The molecule has 156 valence electrons. The molecule has 0 spiro atoms. The normalized spacial score (nSPS) is 16.5. The number of nitrogens with zero attached hydrogens (tertiary/aromatic N) is 1. The van der Waals surface area contributed by atoms with Gasteiger partial charge in [0.15, 0.2) is 0 Å². The van der Waals surface area contributed by atoms with E-state index in [1.165, 1.54) is 70.6 Å². The monoisotopic (exact) mass is 377 g/mol. The second-order valence-electron chi connectivity index (χ2n) is 7.74. The summed E-state index contributed by atoms with van der Waals surface area (Å²) in [6.07, 6.45) is 23.0. The summed E-state index contributed by atoms with van der Waals surface area (Å²) in [5.41, 5.74) is 0. The first-order valence-corrected chi connectivity index (χ1v) is 11.5. The van der Waals surface area contributed by atoms with Gasteiger partial charge in [-0.25, -0.2) is 0 Å². The molecule has 1 atom stereocenters. The Morgan fingerprint density at radius 1 is 0.963 bits per heavy atom. The van der Waals surface area contributed by atoms with Gasteiger partial charge < -0.3 is 10.6 Å². The van der Waals surface area contributed by atoms with E-state index in [1.807, 2.05) is 0 Å². The topological polar surface area (TPSA) is 53.5 Å². The van der Waals surface area contributed by atoms with Gasteiger partial charge in [-0.15, -0.1) is 0 Å². The fourth-order valence-electron chi connectivity index (χ4n) is 3.41. The molecular weight excluding hydrogens is 334 g/mol. The lowest BCUT2D eigenvalue weighted by Gasteiger charge is -2.13. The van der Waals surface area contributed by atoms with Crippen molar-refractivity contribution in [3.63, 3.8) is 0 Å². The van der Waals surface area contributed by atoms with Gasteiger partial charge in [-0.05, 0) is 32.1 Å². The molecule has 0 aromatic rings. The van der Waals surface area contributed by atoms with Gasteiger partial charge in [0.25, 0.3) is 0 Å². The highest BCUT2D eigenvalue weighted by atomic mass is 16.1. The minimum Gasteiger partial charge on any atom is -0.352 e. The van der Waals surface area contributed by atoms with E-state index in [4.69, 9.17) is 0 Å². The number of hydrogen-bond acceptors (Lipinski definition) is 3. The molecule has 0 bridgehead atoms. The number of nitrogens with one attached hydrogen (secondary N) is 2. The number of hydrogen-bond donors (Lipinski definition) is 2. The third kappa shape index (κ3) is 13.5. The minimum absolute atomic E-state index is 0.00979. The fraction of sp³-hybridized carbons (Fsp3) is 0.826. The van der Waals surface area contributed by atoms with Crippen LogP contribution in [-0.4, -0.2) is 24.5 Å². The first-order chi connectivity index (χ1) is 13.3. The molecule has 0 aromatic carbocycles. The summed E-state index contributed by atoms with van der Waals surface area (Å²) >= 11 is 0. The van der Waals surface area contributed by atoms with Crippen molar-refractivity contribution in [2.45, 2.75) is 116 Å². The first-order valence-electron chi connectivity index (χ1n) is 11.5. The van der Waals surface area contributed by atoms with Crippen molar-refractivity contribution < 1.29 is 4.79 Å². The first kappa shape index (κ1) is 23.7. The zero-order valence-electron chi connectivity index (χ0n) is 17.9. The molecule has 2 N–H and O–H groups in total. The van der Waals surface area contributed by atoms with Crippen LogP contribution in [0.15, 0.2) is 17.1 Å². The van der Waals surface area contributed by atoms with Gasteiger partial charge in [0.1, 0.15) is 6.17 Å². The van der Waals surface area contributed by atoms with Crippen LogP contribution in [0.5, 0.6) is 0 Å². The van der Waals surface area contributed by atoms with E-state index >= 15 is 0 Å². The fourth-order valence-corrected chi connectivity index (χ4v) is 3.41. The predicted molar refractivity (Wildman–Crippen MR) is 117 cm³/mol. The second kappa shape index (κ2) is 16.8. The largest absolute Gasteiger partial charge is 0.352 e. The van der Waals surface area contributed by atoms with E-state index in [2.05, 4.69) is 41.6 Å². The third-order valence-electron chi connectivity index (χ3n) is 5.14. The molecule has 1 amide bonds. The Morgan fingerprint density at radius 3 is 2.15 bits per heavy atom. The molecule has 0 aliphatic carbocycles.